The zero-order valence-corrected chi connectivity index (χ0v) is 13.2. The predicted molar refractivity (Wildman–Crippen MR) is 88.9 cm³/mol. The maximum Gasteiger partial charge on any atom is 0.119 e. The molecule has 1 atom stereocenters. The first kappa shape index (κ1) is 15.6. The van der Waals surface area contributed by atoms with Crippen molar-refractivity contribution in [1.29, 1.82) is 0 Å². The number of rotatable bonds is 7. The predicted octanol–water partition coefficient (Wildman–Crippen LogP) is 4.42. The molecule has 21 heavy (non-hydrogen) atoms. The van der Waals surface area contributed by atoms with Gasteiger partial charge in [0, 0.05) is 0 Å². The molecule has 1 N–H and O–H groups in total. The molecule has 0 aliphatic rings. The molecular weight excluding hydrogens is 258 g/mol. The summed E-state index contributed by atoms with van der Waals surface area (Å²) in [6, 6.07) is 17.0. The van der Waals surface area contributed by atoms with E-state index < -0.39 is 0 Å². The van der Waals surface area contributed by atoms with Crippen LogP contribution in [0, 0.1) is 13.8 Å². The fourth-order valence-corrected chi connectivity index (χ4v) is 2.26. The van der Waals surface area contributed by atoms with Crippen molar-refractivity contribution in [2.45, 2.75) is 33.2 Å². The van der Waals surface area contributed by atoms with Crippen LogP contribution in [0.5, 0.6) is 5.75 Å². The quantitative estimate of drug-likeness (QED) is 0.812. The molecule has 0 saturated heterocycles. The highest BCUT2D eigenvalue weighted by atomic mass is 16.5. The van der Waals surface area contributed by atoms with Crippen LogP contribution in [0.4, 0.5) is 0 Å². The van der Waals surface area contributed by atoms with E-state index in [2.05, 4.69) is 62.5 Å². The number of benzene rings is 2. The maximum absolute atomic E-state index is 5.99. The number of nitrogens with one attached hydrogen (secondary N) is 1. The van der Waals surface area contributed by atoms with Crippen molar-refractivity contribution < 1.29 is 4.74 Å². The van der Waals surface area contributed by atoms with Gasteiger partial charge in [0.1, 0.15) is 12.4 Å². The number of ether oxygens (including phenoxy) is 1. The SMILES string of the molecule is CCCNC(COc1ccc(C)c(C)c1)c1ccccc1. The number of hydrogen-bond acceptors (Lipinski definition) is 2. The van der Waals surface area contributed by atoms with Gasteiger partial charge in [-0.25, -0.2) is 0 Å². The molecule has 0 fully saturated rings. The van der Waals surface area contributed by atoms with Gasteiger partial charge in [-0.3, -0.25) is 0 Å². The first-order valence-electron chi connectivity index (χ1n) is 7.69. The Morgan fingerprint density at radius 2 is 1.76 bits per heavy atom. The van der Waals surface area contributed by atoms with E-state index in [4.69, 9.17) is 4.74 Å². The Morgan fingerprint density at radius 3 is 2.43 bits per heavy atom. The third kappa shape index (κ3) is 4.61. The largest absolute Gasteiger partial charge is 0.492 e. The minimum atomic E-state index is 0.229. The highest BCUT2D eigenvalue weighted by molar-refractivity contribution is 5.34. The zero-order valence-electron chi connectivity index (χ0n) is 13.2. The normalized spacial score (nSPS) is 12.1. The minimum Gasteiger partial charge on any atom is -0.492 e. The molecule has 0 aromatic heterocycles. The Labute approximate surface area is 128 Å². The summed E-state index contributed by atoms with van der Waals surface area (Å²) in [7, 11) is 0. The van der Waals surface area contributed by atoms with E-state index in [0.717, 1.165) is 18.7 Å². The first-order chi connectivity index (χ1) is 10.2. The lowest BCUT2D eigenvalue weighted by atomic mass is 10.1. The van der Waals surface area contributed by atoms with Gasteiger partial charge in [-0.1, -0.05) is 43.3 Å². The molecule has 0 amide bonds. The Kier molecular flexibility index (Phi) is 5.82. The molecule has 0 aliphatic carbocycles. The Bertz CT molecular complexity index is 551. The van der Waals surface area contributed by atoms with Crippen molar-refractivity contribution in [1.82, 2.24) is 5.32 Å². The molecule has 112 valence electrons. The lowest BCUT2D eigenvalue weighted by molar-refractivity contribution is 0.266. The van der Waals surface area contributed by atoms with Crippen LogP contribution in [0.25, 0.3) is 0 Å². The second-order valence-corrected chi connectivity index (χ2v) is 5.47. The van der Waals surface area contributed by atoms with Gasteiger partial charge in [0.05, 0.1) is 6.04 Å². The third-order valence-corrected chi connectivity index (χ3v) is 3.74. The van der Waals surface area contributed by atoms with Crippen molar-refractivity contribution in [3.05, 3.63) is 65.2 Å². The average Bonchev–Trinajstić information content (AvgIpc) is 2.51. The molecule has 0 spiro atoms. The summed E-state index contributed by atoms with van der Waals surface area (Å²) >= 11 is 0. The second kappa shape index (κ2) is 7.84. The van der Waals surface area contributed by atoms with Crippen LogP contribution in [0.1, 0.15) is 36.1 Å². The summed E-state index contributed by atoms with van der Waals surface area (Å²) in [5.74, 6) is 0.942. The summed E-state index contributed by atoms with van der Waals surface area (Å²) in [5, 5.41) is 3.56. The standard InChI is InChI=1S/C19H25NO/c1-4-12-20-19(17-8-6-5-7-9-17)14-21-18-11-10-15(2)16(3)13-18/h5-11,13,19-20H,4,12,14H2,1-3H3. The molecule has 1 unspecified atom stereocenters. The number of hydrogen-bond donors (Lipinski definition) is 1. The van der Waals surface area contributed by atoms with Gasteiger partial charge < -0.3 is 10.1 Å². The highest BCUT2D eigenvalue weighted by Crippen LogP contribution is 2.19. The van der Waals surface area contributed by atoms with E-state index in [-0.39, 0.29) is 6.04 Å². The van der Waals surface area contributed by atoms with Gasteiger partial charge in [-0.2, -0.15) is 0 Å². The highest BCUT2D eigenvalue weighted by Gasteiger charge is 2.11. The molecule has 0 bridgehead atoms. The van der Waals surface area contributed by atoms with E-state index in [1.165, 1.54) is 16.7 Å². The van der Waals surface area contributed by atoms with Crippen LogP contribution in [0.2, 0.25) is 0 Å². The van der Waals surface area contributed by atoms with Crippen LogP contribution >= 0.6 is 0 Å². The van der Waals surface area contributed by atoms with E-state index in [1.54, 1.807) is 0 Å². The summed E-state index contributed by atoms with van der Waals surface area (Å²) in [6.07, 6.45) is 1.12. The van der Waals surface area contributed by atoms with E-state index >= 15 is 0 Å². The van der Waals surface area contributed by atoms with E-state index in [1.807, 2.05) is 12.1 Å². The van der Waals surface area contributed by atoms with E-state index in [9.17, 15) is 0 Å². The van der Waals surface area contributed by atoms with Crippen LogP contribution < -0.4 is 10.1 Å². The van der Waals surface area contributed by atoms with Gasteiger partial charge in [-0.05, 0) is 55.6 Å². The first-order valence-corrected chi connectivity index (χ1v) is 7.69. The van der Waals surface area contributed by atoms with Crippen molar-refractivity contribution in [2.75, 3.05) is 13.2 Å². The average molecular weight is 283 g/mol. The van der Waals surface area contributed by atoms with Crippen molar-refractivity contribution in [3.63, 3.8) is 0 Å². The lowest BCUT2D eigenvalue weighted by Crippen LogP contribution is -2.27. The zero-order chi connectivity index (χ0) is 15.1. The van der Waals surface area contributed by atoms with Crippen LogP contribution in [-0.4, -0.2) is 13.2 Å². The third-order valence-electron chi connectivity index (χ3n) is 3.74. The van der Waals surface area contributed by atoms with Gasteiger partial charge in [-0.15, -0.1) is 0 Å². The topological polar surface area (TPSA) is 21.3 Å². The van der Waals surface area contributed by atoms with Gasteiger partial charge in [0.25, 0.3) is 0 Å². The van der Waals surface area contributed by atoms with E-state index in [0.29, 0.717) is 6.61 Å². The monoisotopic (exact) mass is 283 g/mol. The summed E-state index contributed by atoms with van der Waals surface area (Å²) in [6.45, 7) is 8.06. The van der Waals surface area contributed by atoms with Crippen LogP contribution in [0.15, 0.2) is 48.5 Å². The molecular formula is C19H25NO. The summed E-state index contributed by atoms with van der Waals surface area (Å²) < 4.78 is 5.99. The van der Waals surface area contributed by atoms with Crippen LogP contribution in [0.3, 0.4) is 0 Å². The molecule has 2 heteroatoms. The number of aryl methyl sites for hydroxylation is 2. The molecule has 0 heterocycles. The van der Waals surface area contributed by atoms with Gasteiger partial charge in [0.2, 0.25) is 0 Å². The van der Waals surface area contributed by atoms with Crippen molar-refractivity contribution in [2.24, 2.45) is 0 Å². The Morgan fingerprint density at radius 1 is 1.00 bits per heavy atom. The van der Waals surface area contributed by atoms with Crippen molar-refractivity contribution in [3.8, 4) is 5.75 Å². The lowest BCUT2D eigenvalue weighted by Gasteiger charge is -2.20. The van der Waals surface area contributed by atoms with Crippen LogP contribution in [-0.2, 0) is 0 Å². The Hall–Kier alpha value is -1.80. The minimum absolute atomic E-state index is 0.229. The Balaban J connectivity index is 2.03. The van der Waals surface area contributed by atoms with Crippen molar-refractivity contribution >= 4 is 0 Å². The molecule has 2 aromatic rings. The molecule has 2 rings (SSSR count). The molecule has 2 aromatic carbocycles. The van der Waals surface area contributed by atoms with Gasteiger partial charge in [0.15, 0.2) is 0 Å². The molecule has 0 aliphatic heterocycles. The summed E-state index contributed by atoms with van der Waals surface area (Å²) in [4.78, 5) is 0. The summed E-state index contributed by atoms with van der Waals surface area (Å²) in [5.41, 5.74) is 3.84. The fourth-order valence-electron chi connectivity index (χ4n) is 2.26. The molecule has 0 saturated carbocycles. The molecule has 2 nitrogen and oxygen atoms in total. The van der Waals surface area contributed by atoms with Gasteiger partial charge >= 0.3 is 0 Å². The molecule has 0 radical (unpaired) electrons. The second-order valence-electron chi connectivity index (χ2n) is 5.47. The smallest absolute Gasteiger partial charge is 0.119 e. The fraction of sp³-hybridized carbons (Fsp3) is 0.368. The maximum atomic E-state index is 5.99.